The highest BCUT2D eigenvalue weighted by molar-refractivity contribution is 5.30. The van der Waals surface area contributed by atoms with E-state index in [2.05, 4.69) is 32.9 Å². The smallest absolute Gasteiger partial charge is 0.119 e. The molecule has 2 nitrogen and oxygen atoms in total. The first-order valence-corrected chi connectivity index (χ1v) is 6.17. The first-order valence-electron chi connectivity index (χ1n) is 6.17. The van der Waals surface area contributed by atoms with Crippen LogP contribution in [0.25, 0.3) is 0 Å². The first-order chi connectivity index (χ1) is 7.69. The van der Waals surface area contributed by atoms with Crippen LogP contribution in [0.3, 0.4) is 0 Å². The lowest BCUT2D eigenvalue weighted by Crippen LogP contribution is -2.18. The van der Waals surface area contributed by atoms with Crippen molar-refractivity contribution >= 4 is 0 Å². The molecular formula is C14H23NO. The number of hydrogen-bond acceptors (Lipinski definition) is 2. The SMILES string of the molecule is CCCOc1cccc(C(N)C(C)CC)c1. The minimum atomic E-state index is 0.107. The van der Waals surface area contributed by atoms with Gasteiger partial charge in [-0.25, -0.2) is 0 Å². The molecule has 2 heteroatoms. The van der Waals surface area contributed by atoms with Crippen LogP contribution in [0.15, 0.2) is 24.3 Å². The first kappa shape index (κ1) is 13.0. The molecule has 1 aromatic rings. The van der Waals surface area contributed by atoms with E-state index in [9.17, 15) is 0 Å². The largest absolute Gasteiger partial charge is 0.494 e. The van der Waals surface area contributed by atoms with Gasteiger partial charge in [-0.1, -0.05) is 39.3 Å². The van der Waals surface area contributed by atoms with Crippen LogP contribution in [0.2, 0.25) is 0 Å². The van der Waals surface area contributed by atoms with Gasteiger partial charge in [0.1, 0.15) is 5.75 Å². The summed E-state index contributed by atoms with van der Waals surface area (Å²) in [5, 5.41) is 0. The number of ether oxygens (including phenoxy) is 1. The maximum atomic E-state index is 6.19. The van der Waals surface area contributed by atoms with Crippen LogP contribution in [0, 0.1) is 5.92 Å². The van der Waals surface area contributed by atoms with Crippen molar-refractivity contribution < 1.29 is 4.74 Å². The van der Waals surface area contributed by atoms with Gasteiger partial charge in [-0.05, 0) is 30.0 Å². The van der Waals surface area contributed by atoms with Crippen molar-refractivity contribution in [1.82, 2.24) is 0 Å². The fourth-order valence-electron chi connectivity index (χ4n) is 1.61. The third-order valence-corrected chi connectivity index (χ3v) is 2.97. The van der Waals surface area contributed by atoms with Gasteiger partial charge in [-0.15, -0.1) is 0 Å². The number of nitrogens with two attached hydrogens (primary N) is 1. The summed E-state index contributed by atoms with van der Waals surface area (Å²) in [7, 11) is 0. The second kappa shape index (κ2) is 6.54. The zero-order chi connectivity index (χ0) is 12.0. The molecule has 0 heterocycles. The minimum Gasteiger partial charge on any atom is -0.494 e. The summed E-state index contributed by atoms with van der Waals surface area (Å²) < 4.78 is 5.60. The van der Waals surface area contributed by atoms with Crippen LogP contribution < -0.4 is 10.5 Å². The van der Waals surface area contributed by atoms with E-state index in [1.165, 1.54) is 5.56 Å². The van der Waals surface area contributed by atoms with Gasteiger partial charge in [0.2, 0.25) is 0 Å². The maximum Gasteiger partial charge on any atom is 0.119 e. The summed E-state index contributed by atoms with van der Waals surface area (Å²) in [5.41, 5.74) is 7.36. The predicted molar refractivity (Wildman–Crippen MR) is 68.6 cm³/mol. The van der Waals surface area contributed by atoms with Crippen LogP contribution in [0.4, 0.5) is 0 Å². The highest BCUT2D eigenvalue weighted by atomic mass is 16.5. The van der Waals surface area contributed by atoms with E-state index in [4.69, 9.17) is 10.5 Å². The van der Waals surface area contributed by atoms with Gasteiger partial charge in [0.05, 0.1) is 6.61 Å². The summed E-state index contributed by atoms with van der Waals surface area (Å²) in [6, 6.07) is 8.25. The molecule has 16 heavy (non-hydrogen) atoms. The third-order valence-electron chi connectivity index (χ3n) is 2.97. The molecule has 0 bridgehead atoms. The van der Waals surface area contributed by atoms with E-state index in [1.54, 1.807) is 0 Å². The lowest BCUT2D eigenvalue weighted by Gasteiger charge is -2.19. The van der Waals surface area contributed by atoms with E-state index in [0.29, 0.717) is 5.92 Å². The summed E-state index contributed by atoms with van der Waals surface area (Å²) in [5.74, 6) is 1.43. The second-order valence-corrected chi connectivity index (χ2v) is 4.33. The van der Waals surface area contributed by atoms with Crippen LogP contribution in [0.1, 0.15) is 45.2 Å². The third kappa shape index (κ3) is 3.53. The lowest BCUT2D eigenvalue weighted by atomic mass is 9.93. The predicted octanol–water partition coefficient (Wildman–Crippen LogP) is 3.52. The van der Waals surface area contributed by atoms with Gasteiger partial charge in [0, 0.05) is 6.04 Å². The van der Waals surface area contributed by atoms with Crippen LogP contribution in [-0.4, -0.2) is 6.61 Å². The molecule has 0 saturated heterocycles. The molecule has 1 rings (SSSR count). The minimum absolute atomic E-state index is 0.107. The van der Waals surface area contributed by atoms with Gasteiger partial charge < -0.3 is 10.5 Å². The fourth-order valence-corrected chi connectivity index (χ4v) is 1.61. The number of hydrogen-bond donors (Lipinski definition) is 1. The monoisotopic (exact) mass is 221 g/mol. The molecular weight excluding hydrogens is 198 g/mol. The molecule has 2 N–H and O–H groups in total. The van der Waals surface area contributed by atoms with E-state index < -0.39 is 0 Å². The Balaban J connectivity index is 2.73. The van der Waals surface area contributed by atoms with Gasteiger partial charge in [-0.2, -0.15) is 0 Å². The molecule has 0 radical (unpaired) electrons. The molecule has 1 aromatic carbocycles. The van der Waals surface area contributed by atoms with E-state index in [1.807, 2.05) is 12.1 Å². The Kier molecular flexibility index (Phi) is 5.33. The quantitative estimate of drug-likeness (QED) is 0.797. The molecule has 0 fully saturated rings. The Morgan fingerprint density at radius 3 is 2.69 bits per heavy atom. The normalized spacial score (nSPS) is 14.5. The lowest BCUT2D eigenvalue weighted by molar-refractivity contribution is 0.316. The molecule has 0 aliphatic heterocycles. The summed E-state index contributed by atoms with van der Waals surface area (Å²) in [6.45, 7) is 7.23. The Hall–Kier alpha value is -1.02. The van der Waals surface area contributed by atoms with Gasteiger partial charge in [-0.3, -0.25) is 0 Å². The zero-order valence-electron chi connectivity index (χ0n) is 10.6. The molecule has 0 saturated carbocycles. The Labute approximate surface area is 98.8 Å². The number of rotatable bonds is 6. The summed E-state index contributed by atoms with van der Waals surface area (Å²) in [4.78, 5) is 0. The molecule has 0 aromatic heterocycles. The van der Waals surface area contributed by atoms with Gasteiger partial charge in [0.25, 0.3) is 0 Å². The topological polar surface area (TPSA) is 35.2 Å². The highest BCUT2D eigenvalue weighted by Gasteiger charge is 2.13. The summed E-state index contributed by atoms with van der Waals surface area (Å²) in [6.07, 6.45) is 2.13. The Bertz CT molecular complexity index is 311. The van der Waals surface area contributed by atoms with Gasteiger partial charge in [0.15, 0.2) is 0 Å². The second-order valence-electron chi connectivity index (χ2n) is 4.33. The van der Waals surface area contributed by atoms with E-state index in [0.717, 1.165) is 25.2 Å². The van der Waals surface area contributed by atoms with E-state index >= 15 is 0 Å². The van der Waals surface area contributed by atoms with Crippen LogP contribution in [0.5, 0.6) is 5.75 Å². The molecule has 2 atom stereocenters. The average molecular weight is 221 g/mol. The van der Waals surface area contributed by atoms with Crippen molar-refractivity contribution in [3.63, 3.8) is 0 Å². The van der Waals surface area contributed by atoms with Crippen molar-refractivity contribution in [3.05, 3.63) is 29.8 Å². The molecule has 2 unspecified atom stereocenters. The molecule has 0 aliphatic carbocycles. The zero-order valence-corrected chi connectivity index (χ0v) is 10.6. The molecule has 0 aliphatic rings. The molecule has 0 amide bonds. The molecule has 0 spiro atoms. The van der Waals surface area contributed by atoms with Crippen molar-refractivity contribution in [2.45, 2.75) is 39.7 Å². The number of benzene rings is 1. The molecule has 90 valence electrons. The Morgan fingerprint density at radius 2 is 2.06 bits per heavy atom. The summed E-state index contributed by atoms with van der Waals surface area (Å²) >= 11 is 0. The standard InChI is InChI=1S/C14H23NO/c1-4-9-16-13-8-6-7-12(10-13)14(15)11(3)5-2/h6-8,10-11,14H,4-5,9,15H2,1-3H3. The van der Waals surface area contributed by atoms with Crippen molar-refractivity contribution in [1.29, 1.82) is 0 Å². The van der Waals surface area contributed by atoms with Crippen molar-refractivity contribution in [2.75, 3.05) is 6.61 Å². The van der Waals surface area contributed by atoms with E-state index in [-0.39, 0.29) is 6.04 Å². The van der Waals surface area contributed by atoms with Crippen LogP contribution >= 0.6 is 0 Å². The highest BCUT2D eigenvalue weighted by Crippen LogP contribution is 2.24. The fraction of sp³-hybridized carbons (Fsp3) is 0.571. The average Bonchev–Trinajstić information content (AvgIpc) is 2.34. The van der Waals surface area contributed by atoms with Gasteiger partial charge >= 0.3 is 0 Å². The van der Waals surface area contributed by atoms with Crippen molar-refractivity contribution in [2.24, 2.45) is 11.7 Å². The Morgan fingerprint density at radius 1 is 1.31 bits per heavy atom. The maximum absolute atomic E-state index is 6.19. The van der Waals surface area contributed by atoms with Crippen LogP contribution in [-0.2, 0) is 0 Å². The van der Waals surface area contributed by atoms with Crippen molar-refractivity contribution in [3.8, 4) is 5.75 Å².